The molecule has 16 heavy (non-hydrogen) atoms. The van der Waals surface area contributed by atoms with Crippen LogP contribution in [-0.2, 0) is 18.2 Å². The molecule has 0 N–H and O–H groups in total. The molecule has 0 atom stereocenters. The Bertz CT molecular complexity index is 383. The molecular formula is C8H4ClF6N. The van der Waals surface area contributed by atoms with Gasteiger partial charge in [0.1, 0.15) is 0 Å². The van der Waals surface area contributed by atoms with E-state index in [0.29, 0.717) is 6.07 Å². The number of aromatic nitrogens is 1. The summed E-state index contributed by atoms with van der Waals surface area (Å²) in [5.41, 5.74) is -4.03. The highest BCUT2D eigenvalue weighted by molar-refractivity contribution is 6.16. The lowest BCUT2D eigenvalue weighted by atomic mass is 10.1. The van der Waals surface area contributed by atoms with Gasteiger partial charge in [-0.05, 0) is 12.1 Å². The highest BCUT2D eigenvalue weighted by Gasteiger charge is 2.44. The fourth-order valence-corrected chi connectivity index (χ4v) is 1.17. The van der Waals surface area contributed by atoms with E-state index >= 15 is 0 Å². The van der Waals surface area contributed by atoms with Crippen molar-refractivity contribution in [3.8, 4) is 0 Å². The summed E-state index contributed by atoms with van der Waals surface area (Å²) in [5.74, 6) is -0.388. The van der Waals surface area contributed by atoms with Crippen LogP contribution in [0, 0.1) is 0 Å². The summed E-state index contributed by atoms with van der Waals surface area (Å²) in [5, 5.41) is 0. The van der Waals surface area contributed by atoms with Gasteiger partial charge in [0, 0.05) is 0 Å². The van der Waals surface area contributed by atoms with E-state index < -0.39 is 23.6 Å². The van der Waals surface area contributed by atoms with Crippen LogP contribution in [0.2, 0.25) is 0 Å². The predicted molar refractivity (Wildman–Crippen MR) is 43.8 cm³/mol. The van der Waals surface area contributed by atoms with Crippen molar-refractivity contribution >= 4 is 11.6 Å². The standard InChI is InChI=1S/C8H4ClF6N/c9-3-4-1-2-5(7(10,11)12)6(16-4)8(13,14)15/h1-2H,3H2. The van der Waals surface area contributed by atoms with Crippen LogP contribution in [0.25, 0.3) is 0 Å². The van der Waals surface area contributed by atoms with Crippen LogP contribution in [0.5, 0.6) is 0 Å². The van der Waals surface area contributed by atoms with E-state index in [1.165, 1.54) is 0 Å². The molecule has 90 valence electrons. The summed E-state index contributed by atoms with van der Waals surface area (Å²) in [4.78, 5) is 2.85. The largest absolute Gasteiger partial charge is 0.433 e. The maximum absolute atomic E-state index is 12.3. The van der Waals surface area contributed by atoms with Crippen LogP contribution in [0.4, 0.5) is 26.3 Å². The number of alkyl halides is 7. The first-order chi connectivity index (χ1) is 7.16. The van der Waals surface area contributed by atoms with Crippen LogP contribution >= 0.6 is 11.6 Å². The summed E-state index contributed by atoms with van der Waals surface area (Å²) < 4.78 is 73.6. The molecule has 1 nitrogen and oxygen atoms in total. The number of hydrogen-bond acceptors (Lipinski definition) is 1. The Balaban J connectivity index is 3.40. The van der Waals surface area contributed by atoms with Crippen molar-refractivity contribution < 1.29 is 26.3 Å². The Morgan fingerprint density at radius 3 is 1.94 bits per heavy atom. The average Bonchev–Trinajstić information content (AvgIpc) is 2.14. The van der Waals surface area contributed by atoms with Crippen molar-refractivity contribution in [3.05, 3.63) is 29.1 Å². The molecule has 1 aromatic heterocycles. The van der Waals surface area contributed by atoms with Gasteiger partial charge in [-0.2, -0.15) is 26.3 Å². The lowest BCUT2D eigenvalue weighted by molar-refractivity contribution is -0.164. The Morgan fingerprint density at radius 1 is 1.00 bits per heavy atom. The molecule has 0 saturated carbocycles. The van der Waals surface area contributed by atoms with Gasteiger partial charge in [0.25, 0.3) is 0 Å². The van der Waals surface area contributed by atoms with Gasteiger partial charge in [-0.3, -0.25) is 0 Å². The first-order valence-electron chi connectivity index (χ1n) is 3.86. The van der Waals surface area contributed by atoms with E-state index in [-0.39, 0.29) is 11.6 Å². The molecule has 0 aromatic carbocycles. The quantitative estimate of drug-likeness (QED) is 0.554. The molecule has 0 saturated heterocycles. The lowest BCUT2D eigenvalue weighted by Crippen LogP contribution is -2.19. The number of nitrogens with zero attached hydrogens (tertiary/aromatic N) is 1. The van der Waals surface area contributed by atoms with Gasteiger partial charge in [-0.25, -0.2) is 4.98 Å². The predicted octanol–water partition coefficient (Wildman–Crippen LogP) is 3.86. The zero-order valence-electron chi connectivity index (χ0n) is 7.45. The minimum Gasteiger partial charge on any atom is -0.246 e. The van der Waals surface area contributed by atoms with Crippen molar-refractivity contribution in [2.45, 2.75) is 18.2 Å². The van der Waals surface area contributed by atoms with Crippen LogP contribution in [0.15, 0.2) is 12.1 Å². The van der Waals surface area contributed by atoms with Crippen LogP contribution in [0.3, 0.4) is 0 Å². The smallest absolute Gasteiger partial charge is 0.246 e. The Hall–Kier alpha value is -0.980. The topological polar surface area (TPSA) is 12.9 Å². The van der Waals surface area contributed by atoms with Gasteiger partial charge < -0.3 is 0 Å². The Labute approximate surface area is 91.0 Å². The van der Waals surface area contributed by atoms with Crippen LogP contribution in [0.1, 0.15) is 17.0 Å². The molecule has 0 unspecified atom stereocenters. The van der Waals surface area contributed by atoms with Gasteiger partial charge in [0.15, 0.2) is 5.69 Å². The summed E-state index contributed by atoms with van der Waals surface area (Å²) in [6.07, 6.45) is -10.3. The van der Waals surface area contributed by atoms with Crippen molar-refractivity contribution in [1.29, 1.82) is 0 Å². The lowest BCUT2D eigenvalue weighted by Gasteiger charge is -2.14. The maximum atomic E-state index is 12.3. The molecule has 0 aliphatic rings. The van der Waals surface area contributed by atoms with E-state index in [1.807, 2.05) is 0 Å². The molecule has 8 heteroatoms. The maximum Gasteiger partial charge on any atom is 0.433 e. The van der Waals surface area contributed by atoms with Crippen LogP contribution in [-0.4, -0.2) is 4.98 Å². The first-order valence-corrected chi connectivity index (χ1v) is 4.40. The van der Waals surface area contributed by atoms with E-state index in [9.17, 15) is 26.3 Å². The molecular weight excluding hydrogens is 260 g/mol. The highest BCUT2D eigenvalue weighted by Crippen LogP contribution is 2.39. The summed E-state index contributed by atoms with van der Waals surface area (Å²) in [6.45, 7) is 0. The van der Waals surface area contributed by atoms with Crippen molar-refractivity contribution in [2.75, 3.05) is 0 Å². The second kappa shape index (κ2) is 4.12. The summed E-state index contributed by atoms with van der Waals surface area (Å²) >= 11 is 5.20. The molecule has 0 aliphatic carbocycles. The molecule has 1 aromatic rings. The highest BCUT2D eigenvalue weighted by atomic mass is 35.5. The second-order valence-corrected chi connectivity index (χ2v) is 3.10. The second-order valence-electron chi connectivity index (χ2n) is 2.83. The fraction of sp³-hybridized carbons (Fsp3) is 0.375. The molecule has 0 radical (unpaired) electrons. The minimum atomic E-state index is -5.16. The van der Waals surface area contributed by atoms with Crippen molar-refractivity contribution in [1.82, 2.24) is 4.98 Å². The van der Waals surface area contributed by atoms with Gasteiger partial charge in [0.05, 0.1) is 17.1 Å². The van der Waals surface area contributed by atoms with E-state index in [0.717, 1.165) is 6.07 Å². The van der Waals surface area contributed by atoms with Crippen LogP contribution < -0.4 is 0 Å². The number of pyridine rings is 1. The normalized spacial score (nSPS) is 12.9. The molecule has 0 aliphatic heterocycles. The third-order valence-electron chi connectivity index (χ3n) is 1.66. The van der Waals surface area contributed by atoms with E-state index in [1.54, 1.807) is 0 Å². The van der Waals surface area contributed by atoms with Gasteiger partial charge in [-0.1, -0.05) is 0 Å². The van der Waals surface area contributed by atoms with E-state index in [2.05, 4.69) is 4.98 Å². The Morgan fingerprint density at radius 2 is 1.56 bits per heavy atom. The van der Waals surface area contributed by atoms with E-state index in [4.69, 9.17) is 11.6 Å². The molecule has 1 heterocycles. The summed E-state index contributed by atoms with van der Waals surface area (Å²) in [7, 11) is 0. The molecule has 1 rings (SSSR count). The Kier molecular flexibility index (Phi) is 3.37. The van der Waals surface area contributed by atoms with Gasteiger partial charge in [0.2, 0.25) is 0 Å². The molecule has 0 bridgehead atoms. The molecule has 0 spiro atoms. The monoisotopic (exact) mass is 263 g/mol. The third kappa shape index (κ3) is 2.78. The van der Waals surface area contributed by atoms with Crippen molar-refractivity contribution in [2.24, 2.45) is 0 Å². The van der Waals surface area contributed by atoms with Gasteiger partial charge in [-0.15, -0.1) is 11.6 Å². The third-order valence-corrected chi connectivity index (χ3v) is 1.94. The number of rotatable bonds is 1. The zero-order chi connectivity index (χ0) is 12.6. The summed E-state index contributed by atoms with van der Waals surface area (Å²) in [6, 6.07) is 1.14. The number of hydrogen-bond donors (Lipinski definition) is 0. The molecule has 0 amide bonds. The fourth-order valence-electron chi connectivity index (χ4n) is 1.02. The zero-order valence-corrected chi connectivity index (χ0v) is 8.21. The first kappa shape index (κ1) is 13.1. The number of halogens is 7. The van der Waals surface area contributed by atoms with Gasteiger partial charge >= 0.3 is 12.4 Å². The SMILES string of the molecule is FC(F)(F)c1ccc(CCl)nc1C(F)(F)F. The van der Waals surface area contributed by atoms with Crippen molar-refractivity contribution in [3.63, 3.8) is 0 Å². The average molecular weight is 264 g/mol. The minimum absolute atomic E-state index is 0.262. The molecule has 0 fully saturated rings.